The van der Waals surface area contributed by atoms with Gasteiger partial charge in [-0.05, 0) is 50.8 Å². The lowest BCUT2D eigenvalue weighted by Crippen LogP contribution is -2.22. The fourth-order valence-corrected chi connectivity index (χ4v) is 3.35. The highest BCUT2D eigenvalue weighted by atomic mass is 16.5. The van der Waals surface area contributed by atoms with Crippen LogP contribution in [-0.4, -0.2) is 5.60 Å². The van der Waals surface area contributed by atoms with Crippen molar-refractivity contribution in [3.8, 4) is 5.75 Å². The molecule has 0 aliphatic heterocycles. The quantitative estimate of drug-likeness (QED) is 0.564. The molecule has 1 aromatic carbocycles. The Morgan fingerprint density at radius 1 is 1.14 bits per heavy atom. The molecule has 1 unspecified atom stereocenters. The van der Waals surface area contributed by atoms with Crippen LogP contribution in [0.1, 0.15) is 77.7 Å². The van der Waals surface area contributed by atoms with Gasteiger partial charge < -0.3 is 4.74 Å². The zero-order valence-corrected chi connectivity index (χ0v) is 14.8. The smallest absolute Gasteiger partial charge is 0.120 e. The average molecular weight is 300 g/mol. The van der Waals surface area contributed by atoms with E-state index in [4.69, 9.17) is 4.74 Å². The number of ether oxygens (including phenoxy) is 1. The normalized spacial score (nSPS) is 18.0. The third-order valence-electron chi connectivity index (χ3n) is 4.69. The molecule has 1 fully saturated rings. The van der Waals surface area contributed by atoms with Gasteiger partial charge in [0.2, 0.25) is 0 Å². The molecule has 0 spiro atoms. The second-order valence-electron chi connectivity index (χ2n) is 7.87. The van der Waals surface area contributed by atoms with Gasteiger partial charge in [-0.1, -0.05) is 63.3 Å². The largest absolute Gasteiger partial charge is 0.488 e. The van der Waals surface area contributed by atoms with E-state index >= 15 is 0 Å². The number of rotatable bonds is 5. The van der Waals surface area contributed by atoms with Gasteiger partial charge in [0.05, 0.1) is 0 Å². The van der Waals surface area contributed by atoms with Crippen LogP contribution in [-0.2, 0) is 0 Å². The van der Waals surface area contributed by atoms with Gasteiger partial charge in [-0.3, -0.25) is 0 Å². The van der Waals surface area contributed by atoms with Crippen molar-refractivity contribution >= 4 is 0 Å². The molecule has 0 saturated heterocycles. The SMILES string of the molecule is C=C(CC1CCCCC1)C(C)c1ccc(OC(C)(C)C)cc1. The topological polar surface area (TPSA) is 9.23 Å². The van der Waals surface area contributed by atoms with Crippen LogP contribution in [0.3, 0.4) is 0 Å². The minimum atomic E-state index is -0.141. The number of benzene rings is 1. The van der Waals surface area contributed by atoms with Crippen LogP contribution in [0.25, 0.3) is 0 Å². The first-order valence-electron chi connectivity index (χ1n) is 8.82. The lowest BCUT2D eigenvalue weighted by molar-refractivity contribution is 0.131. The van der Waals surface area contributed by atoms with Crippen molar-refractivity contribution in [2.24, 2.45) is 5.92 Å². The van der Waals surface area contributed by atoms with Gasteiger partial charge in [-0.2, -0.15) is 0 Å². The number of hydrogen-bond acceptors (Lipinski definition) is 1. The molecular formula is C21H32O. The molecular weight excluding hydrogens is 268 g/mol. The Hall–Kier alpha value is -1.24. The van der Waals surface area contributed by atoms with Crippen molar-refractivity contribution in [1.29, 1.82) is 0 Å². The highest BCUT2D eigenvalue weighted by Crippen LogP contribution is 2.34. The molecule has 0 heterocycles. The lowest BCUT2D eigenvalue weighted by atomic mass is 9.81. The first-order chi connectivity index (χ1) is 10.3. The van der Waals surface area contributed by atoms with Crippen LogP contribution in [0.2, 0.25) is 0 Å². The lowest BCUT2D eigenvalue weighted by Gasteiger charge is -2.25. The van der Waals surface area contributed by atoms with E-state index in [0.717, 1.165) is 11.7 Å². The second-order valence-corrected chi connectivity index (χ2v) is 7.87. The summed E-state index contributed by atoms with van der Waals surface area (Å²) in [5.41, 5.74) is 2.59. The van der Waals surface area contributed by atoms with E-state index in [0.29, 0.717) is 5.92 Å². The average Bonchev–Trinajstić information content (AvgIpc) is 2.46. The van der Waals surface area contributed by atoms with Crippen LogP contribution in [0.5, 0.6) is 5.75 Å². The molecule has 2 rings (SSSR count). The molecule has 0 radical (unpaired) electrons. The second kappa shape index (κ2) is 7.35. The van der Waals surface area contributed by atoms with Crippen LogP contribution < -0.4 is 4.74 Å². The Morgan fingerprint density at radius 3 is 2.27 bits per heavy atom. The van der Waals surface area contributed by atoms with Crippen LogP contribution >= 0.6 is 0 Å². The first-order valence-corrected chi connectivity index (χ1v) is 8.82. The van der Waals surface area contributed by atoms with Crippen molar-refractivity contribution in [2.75, 3.05) is 0 Å². The Kier molecular flexibility index (Phi) is 5.72. The zero-order chi connectivity index (χ0) is 16.2. The van der Waals surface area contributed by atoms with E-state index in [9.17, 15) is 0 Å². The van der Waals surface area contributed by atoms with E-state index < -0.39 is 0 Å². The summed E-state index contributed by atoms with van der Waals surface area (Å²) in [5, 5.41) is 0. The summed E-state index contributed by atoms with van der Waals surface area (Å²) in [6.45, 7) is 12.9. The van der Waals surface area contributed by atoms with Crippen LogP contribution in [0.4, 0.5) is 0 Å². The minimum absolute atomic E-state index is 0.141. The van der Waals surface area contributed by atoms with Gasteiger partial charge in [0.25, 0.3) is 0 Å². The monoisotopic (exact) mass is 300 g/mol. The highest BCUT2D eigenvalue weighted by Gasteiger charge is 2.18. The van der Waals surface area contributed by atoms with Crippen molar-refractivity contribution in [1.82, 2.24) is 0 Å². The molecule has 1 atom stereocenters. The summed E-state index contributed by atoms with van der Waals surface area (Å²) < 4.78 is 5.90. The Balaban J connectivity index is 1.93. The maximum atomic E-state index is 5.90. The summed E-state index contributed by atoms with van der Waals surface area (Å²) in [6, 6.07) is 8.56. The molecule has 1 aromatic rings. The van der Waals surface area contributed by atoms with Crippen LogP contribution in [0, 0.1) is 5.92 Å². The zero-order valence-electron chi connectivity index (χ0n) is 14.8. The predicted molar refractivity (Wildman–Crippen MR) is 95.6 cm³/mol. The molecule has 1 nitrogen and oxygen atoms in total. The molecule has 122 valence electrons. The van der Waals surface area contributed by atoms with Crippen molar-refractivity contribution in [3.05, 3.63) is 42.0 Å². The molecule has 1 aliphatic carbocycles. The summed E-state index contributed by atoms with van der Waals surface area (Å²) >= 11 is 0. The van der Waals surface area contributed by atoms with Crippen molar-refractivity contribution in [3.63, 3.8) is 0 Å². The molecule has 22 heavy (non-hydrogen) atoms. The Labute approximate surface area is 136 Å². The first kappa shape index (κ1) is 17.1. The maximum absolute atomic E-state index is 5.90. The third-order valence-corrected chi connectivity index (χ3v) is 4.69. The highest BCUT2D eigenvalue weighted by molar-refractivity contribution is 5.33. The number of hydrogen-bond donors (Lipinski definition) is 0. The van der Waals surface area contributed by atoms with Gasteiger partial charge in [0.15, 0.2) is 0 Å². The van der Waals surface area contributed by atoms with Gasteiger partial charge in [0.1, 0.15) is 11.4 Å². The summed E-state index contributed by atoms with van der Waals surface area (Å²) in [4.78, 5) is 0. The standard InChI is InChI=1S/C21H32O/c1-16(15-18-9-7-6-8-10-18)17(2)19-11-13-20(14-12-19)22-21(3,4)5/h11-14,17-18H,1,6-10,15H2,2-5H3. The van der Waals surface area contributed by atoms with Crippen molar-refractivity contribution in [2.45, 2.75) is 77.7 Å². The van der Waals surface area contributed by atoms with Crippen LogP contribution in [0.15, 0.2) is 36.4 Å². The van der Waals surface area contributed by atoms with E-state index in [1.165, 1.54) is 49.7 Å². The van der Waals surface area contributed by atoms with E-state index in [1.807, 2.05) is 0 Å². The Morgan fingerprint density at radius 2 is 1.73 bits per heavy atom. The molecule has 0 aromatic heterocycles. The van der Waals surface area contributed by atoms with Gasteiger partial charge in [0, 0.05) is 5.92 Å². The molecule has 0 amide bonds. The van der Waals surface area contributed by atoms with Gasteiger partial charge in [-0.25, -0.2) is 0 Å². The van der Waals surface area contributed by atoms with Crippen molar-refractivity contribution < 1.29 is 4.74 Å². The Bertz CT molecular complexity index is 472. The molecule has 0 bridgehead atoms. The van der Waals surface area contributed by atoms with Gasteiger partial charge in [-0.15, -0.1) is 0 Å². The fourth-order valence-electron chi connectivity index (χ4n) is 3.35. The van der Waals surface area contributed by atoms with E-state index in [2.05, 4.69) is 58.5 Å². The third kappa shape index (κ3) is 5.19. The van der Waals surface area contributed by atoms with E-state index in [1.54, 1.807) is 0 Å². The maximum Gasteiger partial charge on any atom is 0.120 e. The minimum Gasteiger partial charge on any atom is -0.488 e. The van der Waals surface area contributed by atoms with E-state index in [-0.39, 0.29) is 5.60 Å². The fraction of sp³-hybridized carbons (Fsp3) is 0.619. The molecule has 1 aliphatic rings. The summed E-state index contributed by atoms with van der Waals surface area (Å²) in [6.07, 6.45) is 8.22. The van der Waals surface area contributed by atoms with Gasteiger partial charge >= 0.3 is 0 Å². The predicted octanol–water partition coefficient (Wildman–Crippen LogP) is 6.49. The molecule has 1 heteroatoms. The number of allylic oxidation sites excluding steroid dienone is 1. The summed E-state index contributed by atoms with van der Waals surface area (Å²) in [5.74, 6) is 2.25. The molecule has 0 N–H and O–H groups in total. The summed E-state index contributed by atoms with van der Waals surface area (Å²) in [7, 11) is 0. The molecule has 1 saturated carbocycles.